The molecular weight excluding hydrogens is 819 g/mol. The highest BCUT2D eigenvalue weighted by atomic mass is 32.2. The summed E-state index contributed by atoms with van der Waals surface area (Å²) in [7, 11) is -16.4. The second-order valence-electron chi connectivity index (χ2n) is 12.9. The predicted octanol–water partition coefficient (Wildman–Crippen LogP) is -0.311. The lowest BCUT2D eigenvalue weighted by Gasteiger charge is -2.30. The van der Waals surface area contributed by atoms with E-state index in [4.69, 9.17) is 19.5 Å². The number of thioether (sulfide) groups is 1. The Hall–Kier alpha value is -2.15. The van der Waals surface area contributed by atoms with Crippen LogP contribution >= 0.6 is 35.2 Å². The molecule has 11 N–H and O–H groups in total. The van der Waals surface area contributed by atoms with Gasteiger partial charge in [0.1, 0.15) is 36.3 Å². The Balaban J connectivity index is 1.48. The minimum atomic E-state index is -5.56. The van der Waals surface area contributed by atoms with Crippen molar-refractivity contribution in [1.82, 2.24) is 30.2 Å². The van der Waals surface area contributed by atoms with Gasteiger partial charge in [0.05, 0.1) is 25.6 Å². The van der Waals surface area contributed by atoms with Crippen LogP contribution in [0.15, 0.2) is 12.7 Å². The molecule has 1 aliphatic heterocycles. The van der Waals surface area contributed by atoms with E-state index in [1.54, 1.807) is 11.8 Å². The summed E-state index contributed by atoms with van der Waals surface area (Å²) in [4.78, 5) is 75.5. The summed E-state index contributed by atoms with van der Waals surface area (Å²) in [6.45, 7) is 2.76. The number of phosphoric acid groups is 3. The van der Waals surface area contributed by atoms with Crippen LogP contribution in [0.5, 0.6) is 0 Å². The zero-order valence-electron chi connectivity index (χ0n) is 30.0. The van der Waals surface area contributed by atoms with Crippen molar-refractivity contribution in [1.29, 1.82) is 0 Å². The van der Waals surface area contributed by atoms with Crippen LogP contribution in [0.3, 0.4) is 0 Å². The molecule has 3 rings (SSSR count). The Bertz CT molecular complexity index is 1740. The molecule has 0 aromatic carbocycles. The summed E-state index contributed by atoms with van der Waals surface area (Å²) in [6.07, 6.45) is -4.84. The van der Waals surface area contributed by atoms with Gasteiger partial charge < -0.3 is 56.0 Å². The standard InChI is InChI=1S/C27H48N7O17P3S/c1-4-5-16(35)7-10-55-11-9-29-18(36)6-8-30-25(39)22(38)27(2,3)13-48-54(45,46)51-53(43,44)47-12-17-21(50-52(40,41)42)20(37)26(49-17)34-15-33-19-23(28)31-14-32-24(19)34/h14-17,20-22,26,35,37-38H,4-13H2,1-3H3,(H,29,36)(H,30,39)(H,43,44)(H,45,46)(H2,28,31,32)(H2,40,41,42)/t16-,17-,20-,21-,22+,26-/m1/s1. The van der Waals surface area contributed by atoms with E-state index in [2.05, 4.69) is 34.4 Å². The highest BCUT2D eigenvalue weighted by molar-refractivity contribution is 7.99. The molecule has 55 heavy (non-hydrogen) atoms. The molecule has 0 spiro atoms. The SMILES string of the molecule is CCC[C@@H](O)CCSCCNC(=O)CCNC(=O)[C@H](O)C(C)(C)COP(=O)(O)OP(=O)(O)OC[C@H]1O[C@@H](n2cnc3c(N)ncnc32)[C@H](O)[C@@H]1OP(=O)(O)O. The van der Waals surface area contributed by atoms with Crippen LogP contribution in [0.4, 0.5) is 5.82 Å². The fourth-order valence-electron chi connectivity index (χ4n) is 5.00. The molecule has 1 aliphatic rings. The van der Waals surface area contributed by atoms with Gasteiger partial charge in [0.15, 0.2) is 17.7 Å². The number of nitrogens with one attached hydrogen (secondary N) is 2. The number of anilines is 1. The van der Waals surface area contributed by atoms with E-state index in [1.165, 1.54) is 13.8 Å². The monoisotopic (exact) mass is 867 g/mol. The highest BCUT2D eigenvalue weighted by Crippen LogP contribution is 2.61. The molecular formula is C27H48N7O17P3S. The number of imidazole rings is 1. The van der Waals surface area contributed by atoms with Crippen LogP contribution in [0.1, 0.15) is 52.7 Å². The summed E-state index contributed by atoms with van der Waals surface area (Å²) in [5, 5.41) is 36.2. The lowest BCUT2D eigenvalue weighted by atomic mass is 9.87. The Morgan fingerprint density at radius 2 is 1.73 bits per heavy atom. The molecule has 0 aliphatic carbocycles. The van der Waals surface area contributed by atoms with Gasteiger partial charge in [-0.3, -0.25) is 27.7 Å². The van der Waals surface area contributed by atoms with Crippen LogP contribution < -0.4 is 16.4 Å². The molecule has 1 fully saturated rings. The first kappa shape index (κ1) is 47.2. The summed E-state index contributed by atoms with van der Waals surface area (Å²) in [5.41, 5.74) is 4.29. The van der Waals surface area contributed by atoms with Crippen LogP contribution in [0, 0.1) is 5.41 Å². The molecule has 3 heterocycles. The predicted molar refractivity (Wildman–Crippen MR) is 192 cm³/mol. The first-order valence-electron chi connectivity index (χ1n) is 16.7. The number of hydrogen-bond donors (Lipinski definition) is 10. The van der Waals surface area contributed by atoms with Crippen LogP contribution in [-0.4, -0.2) is 135 Å². The third-order valence-electron chi connectivity index (χ3n) is 7.86. The lowest BCUT2D eigenvalue weighted by Crippen LogP contribution is -2.46. The maximum atomic E-state index is 12.7. The second-order valence-corrected chi connectivity index (χ2v) is 18.4. The number of carbonyl (C=O) groups excluding carboxylic acids is 2. The van der Waals surface area contributed by atoms with Gasteiger partial charge >= 0.3 is 23.5 Å². The Morgan fingerprint density at radius 1 is 1.04 bits per heavy atom. The first-order valence-corrected chi connectivity index (χ1v) is 22.4. The van der Waals surface area contributed by atoms with Crippen molar-refractivity contribution in [2.24, 2.45) is 5.41 Å². The van der Waals surface area contributed by atoms with Gasteiger partial charge in [-0.05, 0) is 18.6 Å². The maximum Gasteiger partial charge on any atom is 0.481 e. The Kier molecular flexibility index (Phi) is 17.6. The fraction of sp³-hybridized carbons (Fsp3) is 0.741. The molecule has 24 nitrogen and oxygen atoms in total. The molecule has 0 radical (unpaired) electrons. The molecule has 2 aromatic rings. The van der Waals surface area contributed by atoms with Crippen molar-refractivity contribution in [2.45, 2.75) is 83.2 Å². The van der Waals surface area contributed by atoms with E-state index in [9.17, 15) is 58.2 Å². The van der Waals surface area contributed by atoms with Crippen LogP contribution in [0.2, 0.25) is 0 Å². The smallest absolute Gasteiger partial charge is 0.393 e. The number of amides is 2. The van der Waals surface area contributed by atoms with Crippen molar-refractivity contribution >= 4 is 64.0 Å². The molecule has 0 saturated carbocycles. The number of ether oxygens (including phenoxy) is 1. The Morgan fingerprint density at radius 3 is 2.40 bits per heavy atom. The van der Waals surface area contributed by atoms with E-state index < -0.39 is 78.6 Å². The van der Waals surface area contributed by atoms with E-state index in [1.807, 2.05) is 6.92 Å². The molecule has 2 amide bonds. The maximum absolute atomic E-state index is 12.7. The van der Waals surface area contributed by atoms with Crippen molar-refractivity contribution < 1.29 is 80.8 Å². The van der Waals surface area contributed by atoms with Gasteiger partial charge in [0, 0.05) is 30.7 Å². The number of aromatic nitrogens is 4. The molecule has 2 aromatic heterocycles. The third-order valence-corrected chi connectivity index (χ3v) is 12.0. The highest BCUT2D eigenvalue weighted by Gasteiger charge is 2.50. The summed E-state index contributed by atoms with van der Waals surface area (Å²) in [6, 6.07) is 0. The van der Waals surface area contributed by atoms with E-state index >= 15 is 0 Å². The minimum absolute atomic E-state index is 0.0352. The fourth-order valence-corrected chi connectivity index (χ4v) is 8.72. The zero-order chi connectivity index (χ0) is 41.2. The normalized spacial score (nSPS) is 22.5. The average Bonchev–Trinajstić information content (AvgIpc) is 3.64. The van der Waals surface area contributed by atoms with Gasteiger partial charge in [-0.15, -0.1) is 0 Å². The lowest BCUT2D eigenvalue weighted by molar-refractivity contribution is -0.137. The number of fused-ring (bicyclic) bond motifs is 1. The van der Waals surface area contributed by atoms with Gasteiger partial charge in [-0.25, -0.2) is 28.6 Å². The molecule has 2 unspecified atom stereocenters. The van der Waals surface area contributed by atoms with Gasteiger partial charge in [-0.2, -0.15) is 16.1 Å². The number of aliphatic hydroxyl groups is 3. The molecule has 0 bridgehead atoms. The quantitative estimate of drug-likeness (QED) is 0.0478. The second kappa shape index (κ2) is 20.5. The Labute approximate surface area is 319 Å². The van der Waals surface area contributed by atoms with Crippen LogP contribution in [0.25, 0.3) is 11.2 Å². The molecule has 314 valence electrons. The number of nitrogens with two attached hydrogens (primary N) is 1. The number of aliphatic hydroxyl groups excluding tert-OH is 3. The number of hydrogen-bond acceptors (Lipinski definition) is 18. The minimum Gasteiger partial charge on any atom is -0.393 e. The van der Waals surface area contributed by atoms with Crippen molar-refractivity contribution in [3.05, 3.63) is 12.7 Å². The number of nitrogen functional groups attached to an aromatic ring is 1. The van der Waals surface area contributed by atoms with Gasteiger partial charge in [0.2, 0.25) is 11.8 Å². The van der Waals surface area contributed by atoms with E-state index in [0.717, 1.165) is 35.8 Å². The molecule has 28 heteroatoms. The summed E-state index contributed by atoms with van der Waals surface area (Å²) >= 11 is 1.58. The average molecular weight is 868 g/mol. The van der Waals surface area contributed by atoms with E-state index in [0.29, 0.717) is 18.7 Å². The van der Waals surface area contributed by atoms with Gasteiger partial charge in [0.25, 0.3) is 0 Å². The largest absolute Gasteiger partial charge is 0.481 e. The number of phosphoric ester groups is 3. The summed E-state index contributed by atoms with van der Waals surface area (Å²) in [5.74, 6) is 0.0371. The van der Waals surface area contributed by atoms with Crippen LogP contribution in [-0.2, 0) is 45.9 Å². The first-order chi connectivity index (χ1) is 25.6. The van der Waals surface area contributed by atoms with Crippen molar-refractivity contribution in [3.8, 4) is 0 Å². The topological polar surface area (TPSA) is 367 Å². The third kappa shape index (κ3) is 14.9. The molecule has 8 atom stereocenters. The van der Waals surface area contributed by atoms with Crippen molar-refractivity contribution in [3.63, 3.8) is 0 Å². The number of nitrogens with zero attached hydrogens (tertiary/aromatic N) is 4. The van der Waals surface area contributed by atoms with Crippen molar-refractivity contribution in [2.75, 3.05) is 43.5 Å². The zero-order valence-corrected chi connectivity index (χ0v) is 33.5. The summed E-state index contributed by atoms with van der Waals surface area (Å²) < 4.78 is 62.1. The number of rotatable bonds is 24. The number of carbonyl (C=O) groups is 2. The molecule has 1 saturated heterocycles. The van der Waals surface area contributed by atoms with E-state index in [-0.39, 0.29) is 42.0 Å². The van der Waals surface area contributed by atoms with Gasteiger partial charge in [-0.1, -0.05) is 27.2 Å².